The summed E-state index contributed by atoms with van der Waals surface area (Å²) in [6.45, 7) is 1.96. The molecule has 202 valence electrons. The van der Waals surface area contributed by atoms with Gasteiger partial charge in [0.1, 0.15) is 6.04 Å². The van der Waals surface area contributed by atoms with Crippen LogP contribution in [0.5, 0.6) is 0 Å². The van der Waals surface area contributed by atoms with Crippen molar-refractivity contribution in [1.82, 2.24) is 4.90 Å². The summed E-state index contributed by atoms with van der Waals surface area (Å²) in [6, 6.07) is 32.9. The molecule has 0 spiro atoms. The quantitative estimate of drug-likeness (QED) is 0.235. The molecule has 0 aromatic heterocycles. The zero-order chi connectivity index (χ0) is 28.1. The molecule has 0 radical (unpaired) electrons. The summed E-state index contributed by atoms with van der Waals surface area (Å²) in [6.07, 6.45) is 3.11. The smallest absolute Gasteiger partial charge is 0.330 e. The van der Waals surface area contributed by atoms with Crippen LogP contribution in [-0.4, -0.2) is 28.7 Å². The molecule has 0 bridgehead atoms. The number of fused-ring (bicyclic) bond motifs is 5. The predicted octanol–water partition coefficient (Wildman–Crippen LogP) is 5.84. The SMILES string of the molecule is Cc1ccc(N2C(=O)[C@@H]3[C@H](C2=O)[C@H]2c4ccccc4C=CN2[C@H]3C(=O)OC(c2ccccc2)c2ccccc2)cc1. The Morgan fingerprint density at radius 2 is 1.32 bits per heavy atom. The van der Waals surface area contributed by atoms with Crippen molar-refractivity contribution >= 4 is 29.5 Å². The normalized spacial score (nSPS) is 22.5. The van der Waals surface area contributed by atoms with Crippen LogP contribution >= 0.6 is 0 Å². The van der Waals surface area contributed by atoms with Gasteiger partial charge in [-0.15, -0.1) is 0 Å². The third kappa shape index (κ3) is 4.06. The van der Waals surface area contributed by atoms with Crippen molar-refractivity contribution in [1.29, 1.82) is 0 Å². The van der Waals surface area contributed by atoms with E-state index >= 15 is 0 Å². The van der Waals surface area contributed by atoms with E-state index in [2.05, 4.69) is 0 Å². The summed E-state index contributed by atoms with van der Waals surface area (Å²) in [5, 5.41) is 0. The molecule has 4 aromatic carbocycles. The van der Waals surface area contributed by atoms with Gasteiger partial charge in [0.25, 0.3) is 0 Å². The van der Waals surface area contributed by atoms with Gasteiger partial charge in [-0.25, -0.2) is 9.69 Å². The average Bonchev–Trinajstić information content (AvgIpc) is 3.49. The highest BCUT2D eigenvalue weighted by atomic mass is 16.5. The third-order valence-corrected chi connectivity index (χ3v) is 8.43. The number of esters is 1. The first-order chi connectivity index (χ1) is 20.0. The van der Waals surface area contributed by atoms with Crippen LogP contribution in [0.3, 0.4) is 0 Å². The number of ether oxygens (including phenoxy) is 1. The number of hydrogen-bond acceptors (Lipinski definition) is 5. The van der Waals surface area contributed by atoms with E-state index in [0.29, 0.717) is 5.69 Å². The summed E-state index contributed by atoms with van der Waals surface area (Å²) in [5.74, 6) is -2.80. The van der Waals surface area contributed by atoms with Gasteiger partial charge in [-0.05, 0) is 47.4 Å². The first-order valence-electron chi connectivity index (χ1n) is 13.8. The maximum absolute atomic E-state index is 14.3. The van der Waals surface area contributed by atoms with E-state index in [-0.39, 0.29) is 11.8 Å². The Morgan fingerprint density at radius 1 is 0.732 bits per heavy atom. The second-order valence-electron chi connectivity index (χ2n) is 10.8. The highest BCUT2D eigenvalue weighted by Crippen LogP contribution is 2.53. The lowest BCUT2D eigenvalue weighted by Crippen LogP contribution is -2.45. The second-order valence-corrected chi connectivity index (χ2v) is 10.8. The van der Waals surface area contributed by atoms with Crippen LogP contribution in [0.4, 0.5) is 5.69 Å². The van der Waals surface area contributed by atoms with Crippen LogP contribution in [0.15, 0.2) is 115 Å². The molecule has 3 heterocycles. The molecule has 4 aromatic rings. The molecular formula is C35H28N2O4. The first kappa shape index (κ1) is 25.0. The van der Waals surface area contributed by atoms with Crippen LogP contribution in [0.1, 0.15) is 40.0 Å². The van der Waals surface area contributed by atoms with Crippen molar-refractivity contribution < 1.29 is 19.1 Å². The molecule has 2 saturated heterocycles. The summed E-state index contributed by atoms with van der Waals surface area (Å²) >= 11 is 0. The van der Waals surface area contributed by atoms with Gasteiger partial charge < -0.3 is 9.64 Å². The van der Waals surface area contributed by atoms with Gasteiger partial charge in [-0.1, -0.05) is 103 Å². The largest absolute Gasteiger partial charge is 0.451 e. The molecular weight excluding hydrogens is 512 g/mol. The lowest BCUT2D eigenvalue weighted by atomic mass is 9.84. The van der Waals surface area contributed by atoms with E-state index < -0.39 is 36.0 Å². The molecule has 0 aliphatic carbocycles. The van der Waals surface area contributed by atoms with Crippen molar-refractivity contribution in [3.05, 3.63) is 143 Å². The first-order valence-corrected chi connectivity index (χ1v) is 13.8. The second kappa shape index (κ2) is 9.89. The highest BCUT2D eigenvalue weighted by Gasteiger charge is 2.65. The van der Waals surface area contributed by atoms with Gasteiger partial charge in [0.05, 0.1) is 23.6 Å². The maximum Gasteiger partial charge on any atom is 0.330 e. The number of nitrogens with zero attached hydrogens (tertiary/aromatic N) is 2. The lowest BCUT2D eigenvalue weighted by molar-refractivity contribution is -0.155. The number of rotatable bonds is 5. The summed E-state index contributed by atoms with van der Waals surface area (Å²) in [5.41, 5.74) is 5.10. The Hall–Kier alpha value is -4.97. The van der Waals surface area contributed by atoms with E-state index in [9.17, 15) is 14.4 Å². The molecule has 0 unspecified atom stereocenters. The molecule has 3 aliphatic heterocycles. The van der Waals surface area contributed by atoms with E-state index in [0.717, 1.165) is 27.8 Å². The molecule has 7 rings (SSSR count). The number of benzene rings is 4. The van der Waals surface area contributed by atoms with Crippen molar-refractivity contribution in [2.45, 2.75) is 25.1 Å². The van der Waals surface area contributed by atoms with Crippen molar-refractivity contribution in [2.75, 3.05) is 4.90 Å². The van der Waals surface area contributed by atoms with Gasteiger partial charge in [-0.2, -0.15) is 0 Å². The number of amides is 2. The highest BCUT2D eigenvalue weighted by molar-refractivity contribution is 6.23. The van der Waals surface area contributed by atoms with E-state index in [1.807, 2.05) is 121 Å². The minimum Gasteiger partial charge on any atom is -0.451 e. The molecule has 6 heteroatoms. The van der Waals surface area contributed by atoms with Crippen molar-refractivity contribution in [2.24, 2.45) is 11.8 Å². The Morgan fingerprint density at radius 3 is 1.98 bits per heavy atom. The summed E-state index contributed by atoms with van der Waals surface area (Å²) in [4.78, 5) is 45.6. The minimum atomic E-state index is -0.962. The average molecular weight is 541 g/mol. The number of imide groups is 1. The van der Waals surface area contributed by atoms with Gasteiger partial charge >= 0.3 is 5.97 Å². The van der Waals surface area contributed by atoms with Gasteiger partial charge in [0, 0.05) is 6.20 Å². The van der Waals surface area contributed by atoms with Gasteiger partial charge in [-0.3, -0.25) is 9.59 Å². The van der Waals surface area contributed by atoms with Crippen LogP contribution < -0.4 is 4.90 Å². The van der Waals surface area contributed by atoms with Crippen molar-refractivity contribution in [3.63, 3.8) is 0 Å². The molecule has 2 amide bonds. The monoisotopic (exact) mass is 540 g/mol. The Labute approximate surface area is 238 Å². The number of carbonyl (C=O) groups excluding carboxylic acids is 3. The molecule has 3 aliphatic rings. The minimum absolute atomic E-state index is 0.290. The van der Waals surface area contributed by atoms with Gasteiger partial charge in [0.2, 0.25) is 11.8 Å². The molecule has 2 fully saturated rings. The van der Waals surface area contributed by atoms with Crippen LogP contribution in [0, 0.1) is 18.8 Å². The number of carbonyl (C=O) groups is 3. The number of aryl methyl sites for hydroxylation is 1. The number of hydrogen-bond donors (Lipinski definition) is 0. The van der Waals surface area contributed by atoms with Crippen LogP contribution in [0.2, 0.25) is 0 Å². The van der Waals surface area contributed by atoms with E-state index in [1.54, 1.807) is 12.1 Å². The molecule has 41 heavy (non-hydrogen) atoms. The third-order valence-electron chi connectivity index (χ3n) is 8.43. The lowest BCUT2D eigenvalue weighted by Gasteiger charge is -2.35. The fourth-order valence-electron chi connectivity index (χ4n) is 6.55. The molecule has 4 atom stereocenters. The van der Waals surface area contributed by atoms with E-state index in [1.165, 1.54) is 4.90 Å². The van der Waals surface area contributed by atoms with Crippen LogP contribution in [0.25, 0.3) is 6.08 Å². The van der Waals surface area contributed by atoms with E-state index in [4.69, 9.17) is 4.74 Å². The topological polar surface area (TPSA) is 66.9 Å². The molecule has 0 saturated carbocycles. The zero-order valence-electron chi connectivity index (χ0n) is 22.5. The predicted molar refractivity (Wildman–Crippen MR) is 155 cm³/mol. The Kier molecular flexibility index (Phi) is 6.04. The fourth-order valence-corrected chi connectivity index (χ4v) is 6.55. The number of anilines is 1. The van der Waals surface area contributed by atoms with Crippen molar-refractivity contribution in [3.8, 4) is 0 Å². The van der Waals surface area contributed by atoms with Gasteiger partial charge in [0.15, 0.2) is 6.10 Å². The summed E-state index contributed by atoms with van der Waals surface area (Å²) < 4.78 is 6.30. The standard InChI is InChI=1S/C35H28N2O4/c1-22-16-18-26(19-17-22)37-33(38)28-29(34(37)39)31(36-21-20-23-10-8-9-15-27(23)30(28)36)35(40)41-32(24-11-4-2-5-12-24)25-13-6-3-7-14-25/h2-21,28-32H,1H3/t28-,29+,30+,31+/m0/s1. The Bertz CT molecular complexity index is 1630. The molecule has 6 nitrogen and oxygen atoms in total. The maximum atomic E-state index is 14.3. The van der Waals surface area contributed by atoms with Crippen LogP contribution in [-0.2, 0) is 19.1 Å². The fraction of sp³-hybridized carbons (Fsp3) is 0.171. The summed E-state index contributed by atoms with van der Waals surface area (Å²) in [7, 11) is 0. The zero-order valence-corrected chi connectivity index (χ0v) is 22.5. The molecule has 0 N–H and O–H groups in total. The Balaban J connectivity index is 1.31.